The van der Waals surface area contributed by atoms with Gasteiger partial charge in [-0.25, -0.2) is 8.42 Å². The maximum Gasteiger partial charge on any atom is 0.244 e. The molecule has 0 saturated heterocycles. The first kappa shape index (κ1) is 30.2. The van der Waals surface area contributed by atoms with Crippen LogP contribution in [0.25, 0.3) is 0 Å². The van der Waals surface area contributed by atoms with Crippen molar-refractivity contribution in [1.29, 1.82) is 0 Å². The van der Waals surface area contributed by atoms with Crippen LogP contribution in [0.4, 0.5) is 5.69 Å². The van der Waals surface area contributed by atoms with E-state index in [1.54, 1.807) is 50.2 Å². The molecule has 2 aromatic carbocycles. The van der Waals surface area contributed by atoms with Gasteiger partial charge in [0.25, 0.3) is 0 Å². The third kappa shape index (κ3) is 7.75. The lowest BCUT2D eigenvalue weighted by atomic mass is 10.1. The molecule has 7 nitrogen and oxygen atoms in total. The third-order valence-corrected chi connectivity index (χ3v) is 7.95. The molecule has 0 radical (unpaired) electrons. The summed E-state index contributed by atoms with van der Waals surface area (Å²) in [6, 6.07) is 8.73. The summed E-state index contributed by atoms with van der Waals surface area (Å²) in [4.78, 5) is 28.3. The lowest BCUT2D eigenvalue weighted by Gasteiger charge is -2.34. The maximum absolute atomic E-state index is 13.8. The van der Waals surface area contributed by atoms with Crippen molar-refractivity contribution in [1.82, 2.24) is 10.2 Å². The molecule has 0 aromatic heterocycles. The monoisotopic (exact) mass is 575 g/mol. The summed E-state index contributed by atoms with van der Waals surface area (Å²) < 4.78 is 26.5. The van der Waals surface area contributed by atoms with Gasteiger partial charge in [-0.05, 0) is 62.6 Å². The predicted molar refractivity (Wildman–Crippen MR) is 147 cm³/mol. The van der Waals surface area contributed by atoms with Crippen molar-refractivity contribution in [3.05, 3.63) is 62.6 Å². The fraction of sp³-hybridized carbons (Fsp3) is 0.440. The van der Waals surface area contributed by atoms with Gasteiger partial charge in [0.1, 0.15) is 12.6 Å². The summed E-state index contributed by atoms with van der Waals surface area (Å²) in [5.74, 6) is -0.908. The zero-order valence-electron chi connectivity index (χ0n) is 21.0. The number of nitrogens with zero attached hydrogens (tertiary/aromatic N) is 2. The second-order valence-corrected chi connectivity index (χ2v) is 11.8. The van der Waals surface area contributed by atoms with E-state index in [2.05, 4.69) is 5.32 Å². The lowest BCUT2D eigenvalue weighted by molar-refractivity contribution is -0.140. The van der Waals surface area contributed by atoms with Crippen molar-refractivity contribution < 1.29 is 18.0 Å². The third-order valence-electron chi connectivity index (χ3n) is 5.88. The molecule has 0 aliphatic rings. The molecular weight excluding hydrogens is 545 g/mol. The molecule has 2 rings (SSSR count). The molecule has 0 aliphatic carbocycles. The highest BCUT2D eigenvalue weighted by atomic mass is 35.5. The number of carbonyl (C=O) groups is 2. The van der Waals surface area contributed by atoms with Crippen LogP contribution in [0.15, 0.2) is 36.4 Å². The van der Waals surface area contributed by atoms with E-state index in [0.717, 1.165) is 10.6 Å². The van der Waals surface area contributed by atoms with Gasteiger partial charge >= 0.3 is 0 Å². The van der Waals surface area contributed by atoms with Crippen molar-refractivity contribution in [2.24, 2.45) is 0 Å². The molecule has 36 heavy (non-hydrogen) atoms. The number of rotatable bonds is 11. The normalized spacial score (nSPS) is 13.1. The first-order valence-electron chi connectivity index (χ1n) is 11.6. The highest BCUT2D eigenvalue weighted by Gasteiger charge is 2.33. The van der Waals surface area contributed by atoms with Crippen molar-refractivity contribution in [3.63, 3.8) is 0 Å². The summed E-state index contributed by atoms with van der Waals surface area (Å²) >= 11 is 18.8. The molecule has 2 aromatic rings. The minimum Gasteiger partial charge on any atom is -0.352 e. The molecule has 0 fully saturated rings. The molecule has 0 bridgehead atoms. The number of hydrogen-bond donors (Lipinski definition) is 1. The van der Waals surface area contributed by atoms with E-state index < -0.39 is 28.5 Å². The molecule has 0 aliphatic heterocycles. The Morgan fingerprint density at radius 3 is 2.14 bits per heavy atom. The van der Waals surface area contributed by atoms with Crippen LogP contribution >= 0.6 is 34.8 Å². The Morgan fingerprint density at radius 2 is 1.64 bits per heavy atom. The Morgan fingerprint density at radius 1 is 1.03 bits per heavy atom. The lowest BCUT2D eigenvalue weighted by Crippen LogP contribution is -2.53. The van der Waals surface area contributed by atoms with Crippen LogP contribution < -0.4 is 9.62 Å². The fourth-order valence-electron chi connectivity index (χ4n) is 3.71. The average Bonchev–Trinajstić information content (AvgIpc) is 2.78. The Bertz CT molecular complexity index is 1190. The van der Waals surface area contributed by atoms with Crippen LogP contribution in [0.3, 0.4) is 0 Å². The van der Waals surface area contributed by atoms with Crippen LogP contribution in [0, 0.1) is 6.92 Å². The molecule has 11 heteroatoms. The summed E-state index contributed by atoms with van der Waals surface area (Å²) in [6.45, 7) is 6.72. The van der Waals surface area contributed by atoms with Crippen LogP contribution in [0.1, 0.15) is 44.7 Å². The van der Waals surface area contributed by atoms with Crippen LogP contribution in [0.5, 0.6) is 0 Å². The van der Waals surface area contributed by atoms with Gasteiger partial charge in [-0.15, -0.1) is 0 Å². The molecule has 0 heterocycles. The number of amides is 2. The Kier molecular flexibility index (Phi) is 10.9. The quantitative estimate of drug-likeness (QED) is 0.386. The van der Waals surface area contributed by atoms with E-state index in [9.17, 15) is 18.0 Å². The highest BCUT2D eigenvalue weighted by molar-refractivity contribution is 7.92. The topological polar surface area (TPSA) is 86.8 Å². The summed E-state index contributed by atoms with van der Waals surface area (Å²) in [6.07, 6.45) is 2.04. The van der Waals surface area contributed by atoms with E-state index in [4.69, 9.17) is 34.8 Å². The van der Waals surface area contributed by atoms with Gasteiger partial charge < -0.3 is 10.2 Å². The standard InChI is InChI=1S/C25H32Cl3N3O4S/c1-6-17(4)29-25(33)22(7-2)30(14-19-20(27)9-8-10-21(19)28)24(32)15-31(36(5,34)35)23-12-11-18(26)13-16(23)3/h8-13,17,22H,6-7,14-15H2,1-5H3,(H,29,33). The van der Waals surface area contributed by atoms with Gasteiger partial charge in [0.05, 0.1) is 11.9 Å². The van der Waals surface area contributed by atoms with E-state index in [1.807, 2.05) is 13.8 Å². The number of benzene rings is 2. The summed E-state index contributed by atoms with van der Waals surface area (Å²) in [5, 5.41) is 4.04. The molecule has 2 atom stereocenters. The van der Waals surface area contributed by atoms with Gasteiger partial charge in [-0.3, -0.25) is 13.9 Å². The number of carbonyl (C=O) groups excluding carboxylic acids is 2. The minimum atomic E-state index is -3.86. The van der Waals surface area contributed by atoms with Crippen molar-refractivity contribution in [2.45, 2.75) is 59.2 Å². The number of nitrogens with one attached hydrogen (secondary N) is 1. The van der Waals surface area contributed by atoms with Gasteiger partial charge in [0.15, 0.2) is 0 Å². The van der Waals surface area contributed by atoms with Gasteiger partial charge in [-0.1, -0.05) is 54.7 Å². The second-order valence-electron chi connectivity index (χ2n) is 8.66. The number of halogens is 3. The van der Waals surface area contributed by atoms with Crippen LogP contribution in [-0.4, -0.2) is 50.0 Å². The molecular formula is C25H32Cl3N3O4S. The Labute approximate surface area is 228 Å². The highest BCUT2D eigenvalue weighted by Crippen LogP contribution is 2.29. The van der Waals surface area contributed by atoms with Crippen LogP contribution in [-0.2, 0) is 26.2 Å². The van der Waals surface area contributed by atoms with Gasteiger partial charge in [0, 0.05) is 33.2 Å². The van der Waals surface area contributed by atoms with E-state index >= 15 is 0 Å². The number of anilines is 1. The Balaban J connectivity index is 2.53. The molecule has 2 unspecified atom stereocenters. The molecule has 1 N–H and O–H groups in total. The summed E-state index contributed by atoms with van der Waals surface area (Å²) in [7, 11) is -3.86. The predicted octanol–water partition coefficient (Wildman–Crippen LogP) is 5.44. The first-order chi connectivity index (χ1) is 16.8. The molecule has 0 saturated carbocycles. The second kappa shape index (κ2) is 13.0. The van der Waals surface area contributed by atoms with E-state index in [1.165, 1.54) is 4.90 Å². The van der Waals surface area contributed by atoms with Crippen molar-refractivity contribution in [3.8, 4) is 0 Å². The van der Waals surface area contributed by atoms with Gasteiger partial charge in [-0.2, -0.15) is 0 Å². The molecule has 198 valence electrons. The van der Waals surface area contributed by atoms with E-state index in [0.29, 0.717) is 44.7 Å². The molecule has 2 amide bonds. The van der Waals surface area contributed by atoms with E-state index in [-0.39, 0.29) is 18.5 Å². The fourth-order valence-corrected chi connectivity index (χ4v) is 5.36. The zero-order chi connectivity index (χ0) is 27.2. The number of sulfonamides is 1. The number of hydrogen-bond acceptors (Lipinski definition) is 4. The van der Waals surface area contributed by atoms with Gasteiger partial charge in [0.2, 0.25) is 21.8 Å². The minimum absolute atomic E-state index is 0.0685. The zero-order valence-corrected chi connectivity index (χ0v) is 24.1. The van der Waals surface area contributed by atoms with Crippen molar-refractivity contribution in [2.75, 3.05) is 17.1 Å². The Hall–Kier alpha value is -2.00. The number of aryl methyl sites for hydroxylation is 1. The summed E-state index contributed by atoms with van der Waals surface area (Å²) in [5.41, 5.74) is 1.38. The maximum atomic E-state index is 13.8. The van der Waals surface area contributed by atoms with Crippen LogP contribution in [0.2, 0.25) is 15.1 Å². The average molecular weight is 577 g/mol. The molecule has 0 spiro atoms. The first-order valence-corrected chi connectivity index (χ1v) is 14.5. The smallest absolute Gasteiger partial charge is 0.244 e. The largest absolute Gasteiger partial charge is 0.352 e. The SMILES string of the molecule is CCC(C)NC(=O)C(CC)N(Cc1c(Cl)cccc1Cl)C(=O)CN(c1ccc(Cl)cc1C)S(C)(=O)=O. The van der Waals surface area contributed by atoms with Crippen molar-refractivity contribution >= 4 is 62.3 Å².